The summed E-state index contributed by atoms with van der Waals surface area (Å²) in [5.41, 5.74) is -0.118. The average Bonchev–Trinajstić information content (AvgIpc) is 2.13. The van der Waals surface area contributed by atoms with E-state index in [0.29, 0.717) is 4.47 Å². The molecule has 0 saturated carbocycles. The summed E-state index contributed by atoms with van der Waals surface area (Å²) in [7, 11) is 0. The molecule has 0 aliphatic heterocycles. The molecule has 6 heteroatoms. The van der Waals surface area contributed by atoms with Crippen LogP contribution in [0.15, 0.2) is 22.7 Å². The Bertz CT molecular complexity index is 364. The molecule has 0 spiro atoms. The van der Waals surface area contributed by atoms with Crippen LogP contribution in [0.4, 0.5) is 17.6 Å². The Balaban J connectivity index is 2.70. The predicted octanol–water partition coefficient (Wildman–Crippen LogP) is 3.96. The molecule has 1 aromatic rings. The molecule has 0 aliphatic carbocycles. The lowest BCUT2D eigenvalue weighted by molar-refractivity contribution is -0.140. The number of hydrogen-bond acceptors (Lipinski definition) is 1. The second-order valence-corrected chi connectivity index (χ2v) is 4.25. The van der Waals surface area contributed by atoms with Crippen molar-refractivity contribution >= 4 is 15.9 Å². The second kappa shape index (κ2) is 5.14. The van der Waals surface area contributed by atoms with E-state index in [0.717, 1.165) is 6.07 Å². The van der Waals surface area contributed by atoms with Crippen molar-refractivity contribution < 1.29 is 22.7 Å². The highest BCUT2D eigenvalue weighted by Gasteiger charge is 2.28. The van der Waals surface area contributed by atoms with E-state index in [1.165, 1.54) is 12.1 Å². The van der Waals surface area contributed by atoms with Crippen molar-refractivity contribution in [2.75, 3.05) is 0 Å². The molecule has 0 bridgehead atoms. The Morgan fingerprint density at radius 3 is 2.44 bits per heavy atom. The van der Waals surface area contributed by atoms with Crippen LogP contribution in [-0.2, 0) is 0 Å². The van der Waals surface area contributed by atoms with E-state index in [4.69, 9.17) is 0 Å². The largest absolute Gasteiger partial charge is 0.389 e. The smallest absolute Gasteiger partial charge is 0.388 e. The molecule has 1 N–H and O–H groups in total. The van der Waals surface area contributed by atoms with Crippen molar-refractivity contribution in [3.05, 3.63) is 34.1 Å². The predicted molar refractivity (Wildman–Crippen MR) is 54.3 cm³/mol. The first-order valence-corrected chi connectivity index (χ1v) is 5.28. The van der Waals surface area contributed by atoms with Gasteiger partial charge in [-0.2, -0.15) is 13.2 Å². The summed E-state index contributed by atoms with van der Waals surface area (Å²) < 4.78 is 49.4. The summed E-state index contributed by atoms with van der Waals surface area (Å²) in [5, 5.41) is 9.40. The van der Waals surface area contributed by atoms with E-state index in [-0.39, 0.29) is 5.56 Å². The Kier molecular flexibility index (Phi) is 4.32. The van der Waals surface area contributed by atoms with E-state index in [1.54, 1.807) is 0 Å². The van der Waals surface area contributed by atoms with Gasteiger partial charge in [0.05, 0.1) is 6.10 Å². The van der Waals surface area contributed by atoms with Crippen molar-refractivity contribution in [2.45, 2.75) is 25.1 Å². The monoisotopic (exact) mass is 300 g/mol. The fourth-order valence-electron chi connectivity index (χ4n) is 1.23. The van der Waals surface area contributed by atoms with E-state index in [9.17, 15) is 22.7 Å². The number of rotatable bonds is 3. The highest BCUT2D eigenvalue weighted by atomic mass is 79.9. The molecule has 0 amide bonds. The summed E-state index contributed by atoms with van der Waals surface area (Å²) >= 11 is 3.01. The van der Waals surface area contributed by atoms with Gasteiger partial charge in [0.25, 0.3) is 0 Å². The zero-order valence-electron chi connectivity index (χ0n) is 8.06. The van der Waals surface area contributed by atoms with Crippen LogP contribution in [0.25, 0.3) is 0 Å². The van der Waals surface area contributed by atoms with Gasteiger partial charge in [-0.15, -0.1) is 0 Å². The molecule has 0 aliphatic rings. The van der Waals surface area contributed by atoms with Crippen molar-refractivity contribution in [2.24, 2.45) is 0 Å². The third kappa shape index (κ3) is 4.09. The topological polar surface area (TPSA) is 20.2 Å². The normalized spacial score (nSPS) is 13.9. The van der Waals surface area contributed by atoms with Crippen LogP contribution in [0.3, 0.4) is 0 Å². The quantitative estimate of drug-likeness (QED) is 0.838. The highest BCUT2D eigenvalue weighted by molar-refractivity contribution is 9.10. The molecule has 1 rings (SSSR count). The fraction of sp³-hybridized carbons (Fsp3) is 0.400. The van der Waals surface area contributed by atoms with Crippen LogP contribution >= 0.6 is 15.9 Å². The Morgan fingerprint density at radius 2 is 1.94 bits per heavy atom. The molecule has 0 fully saturated rings. The number of aliphatic hydroxyl groups excluding tert-OH is 1. The van der Waals surface area contributed by atoms with Gasteiger partial charge in [0.2, 0.25) is 0 Å². The zero-order valence-corrected chi connectivity index (χ0v) is 9.65. The highest BCUT2D eigenvalue weighted by Crippen LogP contribution is 2.29. The number of hydrogen-bond donors (Lipinski definition) is 1. The van der Waals surface area contributed by atoms with Gasteiger partial charge in [-0.05, 0) is 18.6 Å². The summed E-state index contributed by atoms with van der Waals surface area (Å²) in [6.07, 6.45) is -7.45. The summed E-state index contributed by atoms with van der Waals surface area (Å²) in [5.74, 6) is -0.718. The lowest BCUT2D eigenvalue weighted by Gasteiger charge is -2.13. The van der Waals surface area contributed by atoms with Crippen molar-refractivity contribution in [1.82, 2.24) is 0 Å². The standard InChI is InChI=1S/C10H9BrF4O/c11-6-1-2-7(8(12)5-6)9(16)3-4-10(13,14)15/h1-2,5,9,16H,3-4H2. The van der Waals surface area contributed by atoms with Crippen LogP contribution < -0.4 is 0 Å². The molecular weight excluding hydrogens is 292 g/mol. The average molecular weight is 301 g/mol. The Morgan fingerprint density at radius 1 is 1.31 bits per heavy atom. The van der Waals surface area contributed by atoms with E-state index in [2.05, 4.69) is 15.9 Å². The maximum absolute atomic E-state index is 13.2. The molecule has 1 aromatic carbocycles. The van der Waals surface area contributed by atoms with Gasteiger partial charge in [0, 0.05) is 16.5 Å². The lowest BCUT2D eigenvalue weighted by atomic mass is 10.0. The SMILES string of the molecule is OC(CCC(F)(F)F)c1ccc(Br)cc1F. The number of benzene rings is 1. The number of alkyl halides is 3. The van der Waals surface area contributed by atoms with Crippen LogP contribution in [0.1, 0.15) is 24.5 Å². The first-order chi connectivity index (χ1) is 7.29. The van der Waals surface area contributed by atoms with Crippen molar-refractivity contribution in [3.63, 3.8) is 0 Å². The minimum Gasteiger partial charge on any atom is -0.388 e. The molecule has 0 saturated heterocycles. The first kappa shape index (κ1) is 13.4. The van der Waals surface area contributed by atoms with Gasteiger partial charge >= 0.3 is 6.18 Å². The van der Waals surface area contributed by atoms with Gasteiger partial charge < -0.3 is 5.11 Å². The molecule has 90 valence electrons. The molecule has 0 radical (unpaired) electrons. The van der Waals surface area contributed by atoms with Crippen LogP contribution in [0.2, 0.25) is 0 Å². The molecule has 16 heavy (non-hydrogen) atoms. The Labute approximate surface area is 98.2 Å². The van der Waals surface area contributed by atoms with Crippen LogP contribution in [-0.4, -0.2) is 11.3 Å². The van der Waals surface area contributed by atoms with Gasteiger partial charge in [0.15, 0.2) is 0 Å². The van der Waals surface area contributed by atoms with Crippen LogP contribution in [0, 0.1) is 5.82 Å². The van der Waals surface area contributed by atoms with E-state index >= 15 is 0 Å². The van der Waals surface area contributed by atoms with Gasteiger partial charge in [-0.1, -0.05) is 22.0 Å². The molecular formula is C10H9BrF4O. The maximum atomic E-state index is 13.2. The van der Waals surface area contributed by atoms with Gasteiger partial charge in [-0.25, -0.2) is 4.39 Å². The lowest BCUT2D eigenvalue weighted by Crippen LogP contribution is -2.10. The third-order valence-electron chi connectivity index (χ3n) is 2.02. The molecule has 1 nitrogen and oxygen atoms in total. The molecule has 1 unspecified atom stereocenters. The fourth-order valence-corrected chi connectivity index (χ4v) is 1.56. The van der Waals surface area contributed by atoms with E-state index in [1.807, 2.05) is 0 Å². The molecule has 1 atom stereocenters. The number of halogens is 5. The third-order valence-corrected chi connectivity index (χ3v) is 2.52. The van der Waals surface area contributed by atoms with E-state index < -0.39 is 30.9 Å². The molecule has 0 aromatic heterocycles. The van der Waals surface area contributed by atoms with Gasteiger partial charge in [0.1, 0.15) is 5.82 Å². The molecule has 0 heterocycles. The van der Waals surface area contributed by atoms with Crippen molar-refractivity contribution in [3.8, 4) is 0 Å². The summed E-state index contributed by atoms with van der Waals surface area (Å²) in [4.78, 5) is 0. The number of aliphatic hydroxyl groups is 1. The first-order valence-electron chi connectivity index (χ1n) is 4.49. The minimum absolute atomic E-state index is 0.118. The minimum atomic E-state index is -4.34. The van der Waals surface area contributed by atoms with Crippen molar-refractivity contribution in [1.29, 1.82) is 0 Å². The summed E-state index contributed by atoms with van der Waals surface area (Å²) in [6, 6.07) is 3.84. The van der Waals surface area contributed by atoms with Gasteiger partial charge in [-0.3, -0.25) is 0 Å². The zero-order chi connectivity index (χ0) is 12.3. The summed E-state index contributed by atoms with van der Waals surface area (Å²) in [6.45, 7) is 0. The Hall–Kier alpha value is -0.620. The maximum Gasteiger partial charge on any atom is 0.389 e. The van der Waals surface area contributed by atoms with Crippen LogP contribution in [0.5, 0.6) is 0 Å². The second-order valence-electron chi connectivity index (χ2n) is 3.34.